The third-order valence-electron chi connectivity index (χ3n) is 3.97. The highest BCUT2D eigenvalue weighted by atomic mass is 79.9. The lowest BCUT2D eigenvalue weighted by Gasteiger charge is -2.40. The van der Waals surface area contributed by atoms with Crippen LogP contribution < -0.4 is 9.64 Å². The molecular weight excluding hydrogens is 318 g/mol. The lowest BCUT2D eigenvalue weighted by molar-refractivity contribution is -0.134. The van der Waals surface area contributed by atoms with Crippen molar-refractivity contribution in [1.82, 2.24) is 0 Å². The standard InChI is InChI=1S/C16H22BrNO2/c1-5-7-8-18-13-9-11(3)12(17)10-14(13)20-16(4,6-2)15(18)19/h9-10H,5-8H2,1-4H3. The number of anilines is 1. The zero-order valence-corrected chi connectivity index (χ0v) is 14.2. The summed E-state index contributed by atoms with van der Waals surface area (Å²) in [6.45, 7) is 8.79. The van der Waals surface area contributed by atoms with E-state index in [9.17, 15) is 4.79 Å². The van der Waals surface area contributed by atoms with E-state index in [1.54, 1.807) is 0 Å². The predicted molar refractivity (Wildman–Crippen MR) is 85.5 cm³/mol. The summed E-state index contributed by atoms with van der Waals surface area (Å²) in [6, 6.07) is 4.01. The molecule has 4 heteroatoms. The van der Waals surface area contributed by atoms with Gasteiger partial charge in [-0.05, 0) is 44.4 Å². The normalized spacial score (nSPS) is 21.6. The smallest absolute Gasteiger partial charge is 0.270 e. The number of hydrogen-bond donors (Lipinski definition) is 0. The van der Waals surface area contributed by atoms with E-state index in [0.717, 1.165) is 40.9 Å². The van der Waals surface area contributed by atoms with Crippen LogP contribution in [-0.2, 0) is 4.79 Å². The molecular formula is C16H22BrNO2. The number of aryl methyl sites for hydroxylation is 1. The van der Waals surface area contributed by atoms with Crippen LogP contribution in [0, 0.1) is 6.92 Å². The van der Waals surface area contributed by atoms with Gasteiger partial charge in [-0.2, -0.15) is 0 Å². The Labute approximate surface area is 129 Å². The predicted octanol–water partition coefficient (Wildman–Crippen LogP) is 4.45. The molecule has 0 saturated heterocycles. The maximum Gasteiger partial charge on any atom is 0.270 e. The summed E-state index contributed by atoms with van der Waals surface area (Å²) in [5.74, 6) is 0.866. The molecule has 1 unspecified atom stereocenters. The molecule has 0 aromatic heterocycles. The van der Waals surface area contributed by atoms with Crippen molar-refractivity contribution >= 4 is 27.5 Å². The quantitative estimate of drug-likeness (QED) is 0.810. The van der Waals surface area contributed by atoms with E-state index >= 15 is 0 Å². The molecule has 0 radical (unpaired) electrons. The van der Waals surface area contributed by atoms with Crippen LogP contribution in [0.4, 0.5) is 5.69 Å². The Hall–Kier alpha value is -1.03. The number of ether oxygens (including phenoxy) is 1. The molecule has 0 N–H and O–H groups in total. The number of halogens is 1. The van der Waals surface area contributed by atoms with Crippen LogP contribution in [0.5, 0.6) is 5.75 Å². The van der Waals surface area contributed by atoms with Gasteiger partial charge in [-0.3, -0.25) is 4.79 Å². The van der Waals surface area contributed by atoms with E-state index in [-0.39, 0.29) is 5.91 Å². The molecule has 0 spiro atoms. The average molecular weight is 340 g/mol. The number of carbonyl (C=O) groups excluding carboxylic acids is 1. The second-order valence-corrected chi connectivity index (χ2v) is 6.42. The zero-order valence-electron chi connectivity index (χ0n) is 12.6. The fourth-order valence-corrected chi connectivity index (χ4v) is 2.71. The largest absolute Gasteiger partial charge is 0.475 e. The molecule has 1 aromatic rings. The number of unbranched alkanes of at least 4 members (excludes halogenated alkanes) is 1. The van der Waals surface area contributed by atoms with E-state index in [1.165, 1.54) is 0 Å². The minimum absolute atomic E-state index is 0.0719. The van der Waals surface area contributed by atoms with Gasteiger partial charge in [-0.1, -0.05) is 36.2 Å². The second kappa shape index (κ2) is 5.76. The van der Waals surface area contributed by atoms with Crippen LogP contribution in [-0.4, -0.2) is 18.1 Å². The van der Waals surface area contributed by atoms with Gasteiger partial charge in [-0.15, -0.1) is 0 Å². The minimum atomic E-state index is -0.755. The molecule has 1 heterocycles. The second-order valence-electron chi connectivity index (χ2n) is 5.57. The van der Waals surface area contributed by atoms with Crippen molar-refractivity contribution in [1.29, 1.82) is 0 Å². The lowest BCUT2D eigenvalue weighted by Crippen LogP contribution is -2.54. The van der Waals surface area contributed by atoms with Crippen molar-refractivity contribution in [3.8, 4) is 5.75 Å². The highest BCUT2D eigenvalue weighted by Crippen LogP contribution is 2.42. The van der Waals surface area contributed by atoms with Crippen LogP contribution in [0.1, 0.15) is 45.6 Å². The summed E-state index contributed by atoms with van der Waals surface area (Å²) >= 11 is 3.54. The molecule has 2 rings (SSSR count). The van der Waals surface area contributed by atoms with E-state index < -0.39 is 5.60 Å². The number of amides is 1. The SMILES string of the molecule is CCCCN1C(=O)C(C)(CC)Oc2cc(Br)c(C)cc21. The van der Waals surface area contributed by atoms with Crippen molar-refractivity contribution in [2.45, 2.75) is 52.6 Å². The summed E-state index contributed by atoms with van der Waals surface area (Å²) in [5, 5.41) is 0. The lowest BCUT2D eigenvalue weighted by atomic mass is 9.97. The number of rotatable bonds is 4. The summed E-state index contributed by atoms with van der Waals surface area (Å²) in [5.41, 5.74) is 1.26. The Morgan fingerprint density at radius 2 is 2.05 bits per heavy atom. The maximum atomic E-state index is 12.7. The highest BCUT2D eigenvalue weighted by Gasteiger charge is 2.43. The minimum Gasteiger partial charge on any atom is -0.475 e. The summed E-state index contributed by atoms with van der Waals surface area (Å²) in [4.78, 5) is 14.6. The van der Waals surface area contributed by atoms with Gasteiger partial charge in [0.25, 0.3) is 5.91 Å². The molecule has 1 aliphatic rings. The number of fused-ring (bicyclic) bond motifs is 1. The first kappa shape index (κ1) is 15.4. The number of nitrogens with zero attached hydrogens (tertiary/aromatic N) is 1. The van der Waals surface area contributed by atoms with E-state index in [1.807, 2.05) is 37.8 Å². The van der Waals surface area contributed by atoms with Gasteiger partial charge in [0, 0.05) is 11.0 Å². The van der Waals surface area contributed by atoms with Gasteiger partial charge in [0.15, 0.2) is 5.60 Å². The van der Waals surface area contributed by atoms with Gasteiger partial charge in [0.2, 0.25) is 0 Å². The van der Waals surface area contributed by atoms with E-state index in [2.05, 4.69) is 22.9 Å². The van der Waals surface area contributed by atoms with Gasteiger partial charge in [0.1, 0.15) is 5.75 Å². The maximum absolute atomic E-state index is 12.7. The van der Waals surface area contributed by atoms with Crippen molar-refractivity contribution in [3.63, 3.8) is 0 Å². The highest BCUT2D eigenvalue weighted by molar-refractivity contribution is 9.10. The molecule has 3 nitrogen and oxygen atoms in total. The molecule has 1 atom stereocenters. The summed E-state index contributed by atoms with van der Waals surface area (Å²) in [6.07, 6.45) is 2.73. The summed E-state index contributed by atoms with van der Waals surface area (Å²) in [7, 11) is 0. The molecule has 0 fully saturated rings. The van der Waals surface area contributed by atoms with E-state index in [0.29, 0.717) is 6.42 Å². The van der Waals surface area contributed by atoms with Crippen LogP contribution in [0.15, 0.2) is 16.6 Å². The topological polar surface area (TPSA) is 29.5 Å². The Kier molecular flexibility index (Phi) is 4.43. The van der Waals surface area contributed by atoms with E-state index in [4.69, 9.17) is 4.74 Å². The zero-order chi connectivity index (χ0) is 14.9. The third kappa shape index (κ3) is 2.58. The van der Waals surface area contributed by atoms with Crippen molar-refractivity contribution in [2.75, 3.05) is 11.4 Å². The Morgan fingerprint density at radius 1 is 1.35 bits per heavy atom. The molecule has 20 heavy (non-hydrogen) atoms. The number of benzene rings is 1. The van der Waals surface area contributed by atoms with Gasteiger partial charge >= 0.3 is 0 Å². The molecule has 0 saturated carbocycles. The van der Waals surface area contributed by atoms with Crippen LogP contribution in [0.3, 0.4) is 0 Å². The van der Waals surface area contributed by atoms with Crippen molar-refractivity contribution in [3.05, 3.63) is 22.2 Å². The van der Waals surface area contributed by atoms with Gasteiger partial charge in [-0.25, -0.2) is 0 Å². The van der Waals surface area contributed by atoms with Crippen molar-refractivity contribution in [2.24, 2.45) is 0 Å². The molecule has 0 bridgehead atoms. The van der Waals surface area contributed by atoms with Crippen molar-refractivity contribution < 1.29 is 9.53 Å². The Bertz CT molecular complexity index is 529. The van der Waals surface area contributed by atoms with Gasteiger partial charge in [0.05, 0.1) is 5.69 Å². The first-order chi connectivity index (χ1) is 9.42. The Balaban J connectivity index is 2.50. The molecule has 1 aromatic carbocycles. The number of carbonyl (C=O) groups is 1. The summed E-state index contributed by atoms with van der Waals surface area (Å²) < 4.78 is 7.02. The fraction of sp³-hybridized carbons (Fsp3) is 0.562. The Morgan fingerprint density at radius 3 is 2.65 bits per heavy atom. The van der Waals surface area contributed by atoms with Crippen LogP contribution >= 0.6 is 15.9 Å². The van der Waals surface area contributed by atoms with Gasteiger partial charge < -0.3 is 9.64 Å². The first-order valence-corrected chi connectivity index (χ1v) is 8.03. The average Bonchev–Trinajstić information content (AvgIpc) is 2.42. The molecule has 1 amide bonds. The third-order valence-corrected chi connectivity index (χ3v) is 4.83. The van der Waals surface area contributed by atoms with Crippen LogP contribution in [0.2, 0.25) is 0 Å². The monoisotopic (exact) mass is 339 g/mol. The fourth-order valence-electron chi connectivity index (χ4n) is 2.38. The van der Waals surface area contributed by atoms with Crippen LogP contribution in [0.25, 0.3) is 0 Å². The first-order valence-electron chi connectivity index (χ1n) is 7.24. The number of hydrogen-bond acceptors (Lipinski definition) is 2. The molecule has 110 valence electrons. The molecule has 0 aliphatic carbocycles. The molecule has 1 aliphatic heterocycles.